The number of halogens is 1. The van der Waals surface area contributed by atoms with Gasteiger partial charge in [0.15, 0.2) is 0 Å². The Hall–Kier alpha value is -1.75. The molecule has 0 saturated heterocycles. The van der Waals surface area contributed by atoms with Crippen LogP contribution in [0.25, 0.3) is 0 Å². The lowest BCUT2D eigenvalue weighted by atomic mass is 10.2. The van der Waals surface area contributed by atoms with E-state index in [2.05, 4.69) is 16.0 Å². The van der Waals surface area contributed by atoms with Gasteiger partial charge in [0.25, 0.3) is 0 Å². The van der Waals surface area contributed by atoms with Crippen molar-refractivity contribution in [2.75, 3.05) is 18.9 Å². The molecule has 0 radical (unpaired) electrons. The number of amides is 3. The first kappa shape index (κ1) is 13.3. The van der Waals surface area contributed by atoms with Gasteiger partial charge in [-0.1, -0.05) is 17.7 Å². The summed E-state index contributed by atoms with van der Waals surface area (Å²) in [4.78, 5) is 22.1. The van der Waals surface area contributed by atoms with Crippen molar-refractivity contribution >= 4 is 29.2 Å². The second-order valence-electron chi connectivity index (χ2n) is 3.44. The van der Waals surface area contributed by atoms with Gasteiger partial charge in [0.2, 0.25) is 5.91 Å². The third-order valence-electron chi connectivity index (χ3n) is 2.10. The maximum absolute atomic E-state index is 11.3. The Morgan fingerprint density at radius 2 is 2.06 bits per heavy atom. The minimum atomic E-state index is -0.529. The minimum Gasteiger partial charge on any atom is -0.376 e. The Kier molecular flexibility index (Phi) is 4.78. The summed E-state index contributed by atoms with van der Waals surface area (Å²) in [6.07, 6.45) is 0. The fourth-order valence-corrected chi connectivity index (χ4v) is 1.30. The van der Waals surface area contributed by atoms with Crippen LogP contribution in [0.2, 0.25) is 5.02 Å². The molecule has 3 N–H and O–H groups in total. The number of benzene rings is 1. The number of urea groups is 1. The molecule has 0 heterocycles. The SMILES string of the molecule is CNC(=O)NC(=O)CNc1ccc(C)c(Cl)c1. The summed E-state index contributed by atoms with van der Waals surface area (Å²) >= 11 is 5.93. The van der Waals surface area contributed by atoms with E-state index in [0.717, 1.165) is 11.3 Å². The molecule has 1 aromatic carbocycles. The Morgan fingerprint density at radius 3 is 2.65 bits per heavy atom. The maximum Gasteiger partial charge on any atom is 0.321 e. The van der Waals surface area contributed by atoms with Crippen LogP contribution in [-0.4, -0.2) is 25.5 Å². The Bertz CT molecular complexity index is 435. The van der Waals surface area contributed by atoms with E-state index in [1.165, 1.54) is 7.05 Å². The summed E-state index contributed by atoms with van der Waals surface area (Å²) in [5.74, 6) is -0.416. The van der Waals surface area contributed by atoms with Crippen molar-refractivity contribution in [1.29, 1.82) is 0 Å². The number of carbonyl (C=O) groups excluding carboxylic acids is 2. The lowest BCUT2D eigenvalue weighted by Gasteiger charge is -2.07. The van der Waals surface area contributed by atoms with E-state index < -0.39 is 11.9 Å². The molecular weight excluding hydrogens is 242 g/mol. The Balaban J connectivity index is 2.47. The zero-order valence-corrected chi connectivity index (χ0v) is 10.4. The van der Waals surface area contributed by atoms with Gasteiger partial charge in [-0.05, 0) is 24.6 Å². The molecule has 0 aliphatic carbocycles. The number of anilines is 1. The highest BCUT2D eigenvalue weighted by Crippen LogP contribution is 2.19. The molecule has 0 aliphatic heterocycles. The van der Waals surface area contributed by atoms with Crippen molar-refractivity contribution in [3.05, 3.63) is 28.8 Å². The summed E-state index contributed by atoms with van der Waals surface area (Å²) in [5, 5.41) is 7.92. The van der Waals surface area contributed by atoms with Crippen LogP contribution in [-0.2, 0) is 4.79 Å². The zero-order valence-electron chi connectivity index (χ0n) is 9.63. The second-order valence-corrected chi connectivity index (χ2v) is 3.85. The predicted octanol–water partition coefficient (Wildman–Crippen LogP) is 1.52. The van der Waals surface area contributed by atoms with Crippen molar-refractivity contribution in [1.82, 2.24) is 10.6 Å². The molecule has 1 aromatic rings. The van der Waals surface area contributed by atoms with Gasteiger partial charge in [-0.25, -0.2) is 4.79 Å². The number of hydrogen-bond acceptors (Lipinski definition) is 3. The average Bonchev–Trinajstić information content (AvgIpc) is 2.30. The number of rotatable bonds is 3. The summed E-state index contributed by atoms with van der Waals surface area (Å²) in [5.41, 5.74) is 1.69. The minimum absolute atomic E-state index is 0.00676. The monoisotopic (exact) mass is 255 g/mol. The van der Waals surface area contributed by atoms with Gasteiger partial charge in [-0.15, -0.1) is 0 Å². The second kappa shape index (κ2) is 6.10. The molecule has 0 saturated carbocycles. The smallest absolute Gasteiger partial charge is 0.321 e. The molecule has 0 aliphatic rings. The van der Waals surface area contributed by atoms with Crippen LogP contribution in [0.5, 0.6) is 0 Å². The number of aryl methyl sites for hydroxylation is 1. The van der Waals surface area contributed by atoms with Gasteiger partial charge in [0, 0.05) is 17.8 Å². The fourth-order valence-electron chi connectivity index (χ4n) is 1.12. The van der Waals surface area contributed by atoms with Gasteiger partial charge in [0.1, 0.15) is 0 Å². The summed E-state index contributed by atoms with van der Waals surface area (Å²) in [6, 6.07) is 4.86. The van der Waals surface area contributed by atoms with Crippen molar-refractivity contribution in [2.24, 2.45) is 0 Å². The van der Waals surface area contributed by atoms with Crippen molar-refractivity contribution in [3.63, 3.8) is 0 Å². The normalized spacial score (nSPS) is 9.59. The van der Waals surface area contributed by atoms with Crippen LogP contribution in [0.3, 0.4) is 0 Å². The van der Waals surface area contributed by atoms with E-state index in [1.807, 2.05) is 19.1 Å². The molecule has 17 heavy (non-hydrogen) atoms. The first-order valence-electron chi connectivity index (χ1n) is 5.04. The molecule has 0 atom stereocenters. The van der Waals surface area contributed by atoms with Crippen LogP contribution in [0.4, 0.5) is 10.5 Å². The molecular formula is C11H14ClN3O2. The Labute approximate surface area is 105 Å². The quantitative estimate of drug-likeness (QED) is 0.767. The largest absolute Gasteiger partial charge is 0.376 e. The topological polar surface area (TPSA) is 70.2 Å². The standard InChI is InChI=1S/C11H14ClN3O2/c1-7-3-4-8(5-9(7)12)14-6-10(16)15-11(17)13-2/h3-5,14H,6H2,1-2H3,(H2,13,15,16,17). The molecule has 0 spiro atoms. The summed E-state index contributed by atoms with van der Waals surface area (Å²) < 4.78 is 0. The highest BCUT2D eigenvalue weighted by Gasteiger charge is 2.05. The molecule has 0 fully saturated rings. The number of carbonyl (C=O) groups is 2. The molecule has 0 bridgehead atoms. The molecule has 6 heteroatoms. The average molecular weight is 256 g/mol. The fraction of sp³-hybridized carbons (Fsp3) is 0.273. The molecule has 92 valence electrons. The van der Waals surface area contributed by atoms with Gasteiger partial charge >= 0.3 is 6.03 Å². The van der Waals surface area contributed by atoms with Crippen LogP contribution < -0.4 is 16.0 Å². The van der Waals surface area contributed by atoms with E-state index in [-0.39, 0.29) is 6.54 Å². The highest BCUT2D eigenvalue weighted by atomic mass is 35.5. The van der Waals surface area contributed by atoms with Gasteiger partial charge in [-0.3, -0.25) is 10.1 Å². The van der Waals surface area contributed by atoms with Gasteiger partial charge < -0.3 is 10.6 Å². The third kappa shape index (κ3) is 4.32. The lowest BCUT2D eigenvalue weighted by Crippen LogP contribution is -2.40. The van der Waals surface area contributed by atoms with Gasteiger partial charge in [-0.2, -0.15) is 0 Å². The summed E-state index contributed by atoms with van der Waals surface area (Å²) in [7, 11) is 1.44. The predicted molar refractivity (Wildman–Crippen MR) is 67.3 cm³/mol. The number of hydrogen-bond donors (Lipinski definition) is 3. The summed E-state index contributed by atoms with van der Waals surface area (Å²) in [6.45, 7) is 1.90. The Morgan fingerprint density at radius 1 is 1.35 bits per heavy atom. The molecule has 0 aromatic heterocycles. The van der Waals surface area contributed by atoms with E-state index >= 15 is 0 Å². The molecule has 0 unspecified atom stereocenters. The van der Waals surface area contributed by atoms with Gasteiger partial charge in [0.05, 0.1) is 6.54 Å². The van der Waals surface area contributed by atoms with Crippen LogP contribution in [0.1, 0.15) is 5.56 Å². The first-order chi connectivity index (χ1) is 8.02. The third-order valence-corrected chi connectivity index (χ3v) is 2.51. The number of imide groups is 1. The molecule has 1 rings (SSSR count). The van der Waals surface area contributed by atoms with E-state index in [1.54, 1.807) is 6.07 Å². The highest BCUT2D eigenvalue weighted by molar-refractivity contribution is 6.31. The molecule has 5 nitrogen and oxygen atoms in total. The zero-order chi connectivity index (χ0) is 12.8. The maximum atomic E-state index is 11.3. The van der Waals surface area contributed by atoms with Crippen LogP contribution in [0, 0.1) is 6.92 Å². The van der Waals surface area contributed by atoms with E-state index in [0.29, 0.717) is 5.02 Å². The number of nitrogens with one attached hydrogen (secondary N) is 3. The van der Waals surface area contributed by atoms with Crippen molar-refractivity contribution < 1.29 is 9.59 Å². The first-order valence-corrected chi connectivity index (χ1v) is 5.42. The van der Waals surface area contributed by atoms with Crippen molar-refractivity contribution in [3.8, 4) is 0 Å². The molecule has 3 amide bonds. The van der Waals surface area contributed by atoms with E-state index in [9.17, 15) is 9.59 Å². The van der Waals surface area contributed by atoms with Crippen LogP contribution in [0.15, 0.2) is 18.2 Å². The van der Waals surface area contributed by atoms with E-state index in [4.69, 9.17) is 11.6 Å². The lowest BCUT2D eigenvalue weighted by molar-refractivity contribution is -0.118. The van der Waals surface area contributed by atoms with Crippen LogP contribution >= 0.6 is 11.6 Å². The van der Waals surface area contributed by atoms with Crippen molar-refractivity contribution in [2.45, 2.75) is 6.92 Å².